The molecule has 0 unspecified atom stereocenters. The van der Waals surface area contributed by atoms with Crippen LogP contribution in [-0.2, 0) is 19.4 Å². The lowest BCUT2D eigenvalue weighted by atomic mass is 10.3. The van der Waals surface area contributed by atoms with Crippen LogP contribution in [0.5, 0.6) is 0 Å². The maximum absolute atomic E-state index is 6.24. The topological polar surface area (TPSA) is 21.1 Å². The highest BCUT2D eigenvalue weighted by molar-refractivity contribution is 6.30. The molecule has 14 heavy (non-hydrogen) atoms. The predicted octanol–water partition coefficient (Wildman–Crippen LogP) is 1.59. The van der Waals surface area contributed by atoms with Crippen molar-refractivity contribution in [2.24, 2.45) is 0 Å². The lowest BCUT2D eigenvalue weighted by Crippen LogP contribution is -2.19. The molecule has 1 heterocycles. The molecule has 3 nitrogen and oxygen atoms in total. The quantitative estimate of drug-likeness (QED) is 0.761. The molecule has 1 aromatic heterocycles. The van der Waals surface area contributed by atoms with Crippen molar-refractivity contribution < 1.29 is 0 Å². The van der Waals surface area contributed by atoms with Crippen molar-refractivity contribution in [2.45, 2.75) is 25.8 Å². The smallest absolute Gasteiger partial charge is 0.130 e. The van der Waals surface area contributed by atoms with Gasteiger partial charge in [0, 0.05) is 12.1 Å². The van der Waals surface area contributed by atoms with Gasteiger partial charge in [-0.05, 0) is 33.4 Å². The van der Waals surface area contributed by atoms with Gasteiger partial charge in [-0.25, -0.2) is 0 Å². The second-order valence-corrected chi connectivity index (χ2v) is 4.45. The minimum Gasteiger partial charge on any atom is -0.308 e. The molecule has 0 aliphatic heterocycles. The first-order valence-corrected chi connectivity index (χ1v) is 5.45. The molecule has 0 N–H and O–H groups in total. The lowest BCUT2D eigenvalue weighted by molar-refractivity contribution is 0.372. The summed E-state index contributed by atoms with van der Waals surface area (Å²) in [6.07, 6.45) is 3.42. The van der Waals surface area contributed by atoms with Crippen LogP contribution in [0.2, 0.25) is 5.15 Å². The summed E-state index contributed by atoms with van der Waals surface area (Å²) in [5.74, 6) is 0. The van der Waals surface area contributed by atoms with E-state index >= 15 is 0 Å². The van der Waals surface area contributed by atoms with Crippen LogP contribution in [0.1, 0.15) is 17.7 Å². The number of halogens is 1. The van der Waals surface area contributed by atoms with Gasteiger partial charge in [0.15, 0.2) is 0 Å². The molecule has 1 aromatic rings. The van der Waals surface area contributed by atoms with Crippen molar-refractivity contribution in [1.29, 1.82) is 0 Å². The molecule has 0 saturated carbocycles. The zero-order valence-corrected chi connectivity index (χ0v) is 9.51. The van der Waals surface area contributed by atoms with E-state index in [9.17, 15) is 0 Å². The van der Waals surface area contributed by atoms with Crippen LogP contribution in [-0.4, -0.2) is 35.3 Å². The third-order valence-corrected chi connectivity index (χ3v) is 3.09. The monoisotopic (exact) mass is 213 g/mol. The Morgan fingerprint density at radius 2 is 2.21 bits per heavy atom. The molecular formula is C10H16ClN3. The van der Waals surface area contributed by atoms with E-state index in [1.165, 1.54) is 17.7 Å². The van der Waals surface area contributed by atoms with Gasteiger partial charge in [-0.15, -0.1) is 0 Å². The summed E-state index contributed by atoms with van der Waals surface area (Å²) in [7, 11) is 4.12. The van der Waals surface area contributed by atoms with Gasteiger partial charge in [-0.3, -0.25) is 4.68 Å². The van der Waals surface area contributed by atoms with Crippen LogP contribution < -0.4 is 0 Å². The maximum Gasteiger partial charge on any atom is 0.130 e. The standard InChI is InChI=1S/C10H16ClN3/c1-13(2)6-7-14-10(11)8-4-3-5-9(8)12-14/h3-7H2,1-2H3. The molecule has 0 aromatic carbocycles. The Morgan fingerprint density at radius 1 is 1.43 bits per heavy atom. The van der Waals surface area contributed by atoms with Crippen molar-refractivity contribution in [3.8, 4) is 0 Å². The maximum atomic E-state index is 6.24. The van der Waals surface area contributed by atoms with Crippen LogP contribution in [0.4, 0.5) is 0 Å². The van der Waals surface area contributed by atoms with E-state index in [0.717, 1.165) is 31.1 Å². The van der Waals surface area contributed by atoms with Crippen molar-refractivity contribution >= 4 is 11.6 Å². The SMILES string of the molecule is CN(C)CCn1nc2c(c1Cl)CCC2. The molecule has 4 heteroatoms. The van der Waals surface area contributed by atoms with Crippen molar-refractivity contribution in [3.05, 3.63) is 16.4 Å². The molecule has 0 amide bonds. The Kier molecular flexibility index (Phi) is 2.79. The Morgan fingerprint density at radius 3 is 2.86 bits per heavy atom. The number of fused-ring (bicyclic) bond motifs is 1. The molecule has 0 fully saturated rings. The Labute approximate surface area is 89.7 Å². The van der Waals surface area contributed by atoms with E-state index in [1.807, 2.05) is 4.68 Å². The molecule has 0 bridgehead atoms. The number of aryl methyl sites for hydroxylation is 1. The van der Waals surface area contributed by atoms with E-state index in [4.69, 9.17) is 11.6 Å². The Balaban J connectivity index is 2.12. The van der Waals surface area contributed by atoms with Crippen LogP contribution in [0.15, 0.2) is 0 Å². The third-order valence-electron chi connectivity index (χ3n) is 2.66. The minimum absolute atomic E-state index is 0.861. The summed E-state index contributed by atoms with van der Waals surface area (Å²) in [5.41, 5.74) is 2.50. The Bertz CT molecular complexity index is 330. The summed E-state index contributed by atoms with van der Waals surface area (Å²) in [4.78, 5) is 2.14. The fourth-order valence-corrected chi connectivity index (χ4v) is 2.17. The van der Waals surface area contributed by atoms with Gasteiger partial charge < -0.3 is 4.90 Å². The largest absolute Gasteiger partial charge is 0.308 e. The average Bonchev–Trinajstić information content (AvgIpc) is 2.66. The molecule has 0 saturated heterocycles. The molecular weight excluding hydrogens is 198 g/mol. The van der Waals surface area contributed by atoms with Gasteiger partial charge in [0.2, 0.25) is 0 Å². The van der Waals surface area contributed by atoms with Gasteiger partial charge in [0.1, 0.15) is 5.15 Å². The summed E-state index contributed by atoms with van der Waals surface area (Å²) >= 11 is 6.24. The lowest BCUT2D eigenvalue weighted by Gasteiger charge is -2.10. The highest BCUT2D eigenvalue weighted by Gasteiger charge is 2.20. The van der Waals surface area contributed by atoms with Gasteiger partial charge in [0.25, 0.3) is 0 Å². The van der Waals surface area contributed by atoms with Gasteiger partial charge >= 0.3 is 0 Å². The van der Waals surface area contributed by atoms with E-state index in [1.54, 1.807) is 0 Å². The summed E-state index contributed by atoms with van der Waals surface area (Å²) in [6, 6.07) is 0. The minimum atomic E-state index is 0.861. The fourth-order valence-electron chi connectivity index (χ4n) is 1.85. The van der Waals surface area contributed by atoms with E-state index < -0.39 is 0 Å². The number of aromatic nitrogens is 2. The number of hydrogen-bond acceptors (Lipinski definition) is 2. The van der Waals surface area contributed by atoms with Crippen LogP contribution in [0.25, 0.3) is 0 Å². The van der Waals surface area contributed by atoms with Crippen LogP contribution >= 0.6 is 11.6 Å². The molecule has 0 spiro atoms. The first-order valence-electron chi connectivity index (χ1n) is 5.07. The summed E-state index contributed by atoms with van der Waals surface area (Å²) < 4.78 is 1.94. The van der Waals surface area contributed by atoms with Gasteiger partial charge in [-0.1, -0.05) is 11.6 Å². The van der Waals surface area contributed by atoms with Crippen molar-refractivity contribution in [1.82, 2.24) is 14.7 Å². The highest BCUT2D eigenvalue weighted by atomic mass is 35.5. The van der Waals surface area contributed by atoms with Crippen molar-refractivity contribution in [2.75, 3.05) is 20.6 Å². The first kappa shape index (κ1) is 9.99. The second kappa shape index (κ2) is 3.91. The molecule has 1 aliphatic carbocycles. The van der Waals surface area contributed by atoms with Gasteiger partial charge in [-0.2, -0.15) is 5.10 Å². The average molecular weight is 214 g/mol. The molecule has 1 aliphatic rings. The highest BCUT2D eigenvalue weighted by Crippen LogP contribution is 2.28. The van der Waals surface area contributed by atoms with E-state index in [0.29, 0.717) is 0 Å². The van der Waals surface area contributed by atoms with Crippen LogP contribution in [0.3, 0.4) is 0 Å². The molecule has 0 radical (unpaired) electrons. The number of rotatable bonds is 3. The molecule has 2 rings (SSSR count). The second-order valence-electron chi connectivity index (χ2n) is 4.10. The van der Waals surface area contributed by atoms with E-state index in [2.05, 4.69) is 24.1 Å². The molecule has 78 valence electrons. The predicted molar refractivity (Wildman–Crippen MR) is 57.8 cm³/mol. The van der Waals surface area contributed by atoms with E-state index in [-0.39, 0.29) is 0 Å². The zero-order valence-electron chi connectivity index (χ0n) is 8.76. The number of nitrogens with zero attached hydrogens (tertiary/aromatic N) is 3. The third kappa shape index (κ3) is 1.79. The van der Waals surface area contributed by atoms with Gasteiger partial charge in [0.05, 0.1) is 12.2 Å². The zero-order chi connectivity index (χ0) is 10.1. The molecule has 0 atom stereocenters. The normalized spacial score (nSPS) is 15.1. The summed E-state index contributed by atoms with van der Waals surface area (Å²) in [5, 5.41) is 5.38. The first-order chi connectivity index (χ1) is 6.68. The fraction of sp³-hybridized carbons (Fsp3) is 0.700. The van der Waals surface area contributed by atoms with Crippen molar-refractivity contribution in [3.63, 3.8) is 0 Å². The Hall–Kier alpha value is -0.540. The van der Waals surface area contributed by atoms with Crippen LogP contribution in [0, 0.1) is 0 Å². The number of likely N-dealkylation sites (N-methyl/N-ethyl adjacent to an activating group) is 1. The summed E-state index contributed by atoms with van der Waals surface area (Å²) in [6.45, 7) is 1.87. The number of hydrogen-bond donors (Lipinski definition) is 0.